The van der Waals surface area contributed by atoms with Crippen molar-refractivity contribution in [3.63, 3.8) is 0 Å². The molecule has 12 N–H and O–H groups in total. The van der Waals surface area contributed by atoms with Crippen LogP contribution < -0.4 is 34.4 Å². The standard InChI is InChI=1S/C18H34N8O3/c19-3-11(22)14(27)1-10-2-17-6-25(15(28)12(23)4-20)8-18(10,17)9-26(7-17)16(29)13(24)5-21/h10-13H,1-9,19-24H2. The van der Waals surface area contributed by atoms with Crippen molar-refractivity contribution < 1.29 is 14.4 Å². The number of ketones is 1. The third kappa shape index (κ3) is 3.35. The first-order chi connectivity index (χ1) is 13.6. The number of likely N-dealkylation sites (tertiary alicyclic amines) is 2. The molecule has 2 amide bonds. The van der Waals surface area contributed by atoms with Crippen LogP contribution in [-0.2, 0) is 14.4 Å². The number of amides is 2. The fraction of sp³-hybridized carbons (Fsp3) is 0.833. The van der Waals surface area contributed by atoms with E-state index in [1.807, 2.05) is 0 Å². The molecule has 3 rings (SSSR count). The van der Waals surface area contributed by atoms with E-state index < -0.39 is 18.1 Å². The Morgan fingerprint density at radius 1 is 0.793 bits per heavy atom. The molecule has 164 valence electrons. The van der Waals surface area contributed by atoms with Crippen molar-refractivity contribution in [2.24, 2.45) is 51.1 Å². The molecule has 0 bridgehead atoms. The number of carbonyl (C=O) groups excluding carboxylic acids is 3. The largest absolute Gasteiger partial charge is 0.340 e. The first-order valence-electron chi connectivity index (χ1n) is 10.1. The first kappa shape index (κ1) is 22.1. The van der Waals surface area contributed by atoms with Crippen LogP contribution in [0.3, 0.4) is 0 Å². The fourth-order valence-corrected chi connectivity index (χ4v) is 5.61. The van der Waals surface area contributed by atoms with Crippen LogP contribution in [0.5, 0.6) is 0 Å². The summed E-state index contributed by atoms with van der Waals surface area (Å²) in [5, 5.41) is 0. The lowest BCUT2D eigenvalue weighted by molar-refractivity contribution is -0.133. The van der Waals surface area contributed by atoms with Gasteiger partial charge in [0.2, 0.25) is 11.8 Å². The van der Waals surface area contributed by atoms with E-state index in [-0.39, 0.29) is 60.4 Å². The Labute approximate surface area is 170 Å². The van der Waals surface area contributed by atoms with Gasteiger partial charge in [0.05, 0.1) is 18.1 Å². The smallest absolute Gasteiger partial charge is 0.240 e. The lowest BCUT2D eigenvalue weighted by Gasteiger charge is -2.55. The minimum Gasteiger partial charge on any atom is -0.340 e. The number of rotatable bonds is 8. The number of hydrogen-bond acceptors (Lipinski definition) is 9. The Bertz CT molecular complexity index is 652. The van der Waals surface area contributed by atoms with Gasteiger partial charge in [-0.25, -0.2) is 0 Å². The molecule has 11 heteroatoms. The van der Waals surface area contributed by atoms with E-state index in [2.05, 4.69) is 0 Å². The van der Waals surface area contributed by atoms with Crippen LogP contribution in [0.2, 0.25) is 0 Å². The number of Topliss-reactive ketones (excluding diaryl/α,β-unsaturated/α-hetero) is 1. The maximum absolute atomic E-state index is 12.7. The molecule has 0 aromatic rings. The molecule has 1 aliphatic carbocycles. The molecule has 1 saturated carbocycles. The van der Waals surface area contributed by atoms with Crippen molar-refractivity contribution in [3.05, 3.63) is 0 Å². The van der Waals surface area contributed by atoms with Crippen molar-refractivity contribution >= 4 is 17.6 Å². The Morgan fingerprint density at radius 2 is 1.24 bits per heavy atom. The summed E-state index contributed by atoms with van der Waals surface area (Å²) in [5.74, 6) is -0.454. The summed E-state index contributed by atoms with van der Waals surface area (Å²) in [7, 11) is 0. The van der Waals surface area contributed by atoms with E-state index in [1.165, 1.54) is 0 Å². The van der Waals surface area contributed by atoms with E-state index in [0.717, 1.165) is 6.42 Å². The zero-order chi connectivity index (χ0) is 21.6. The molecule has 3 aliphatic rings. The molecule has 0 aromatic carbocycles. The van der Waals surface area contributed by atoms with Crippen molar-refractivity contribution in [2.75, 3.05) is 45.8 Å². The van der Waals surface area contributed by atoms with Gasteiger partial charge < -0.3 is 44.2 Å². The third-order valence-electron chi connectivity index (χ3n) is 7.29. The summed E-state index contributed by atoms with van der Waals surface area (Å²) in [6, 6.07) is -2.21. The molecule has 4 unspecified atom stereocenters. The second-order valence-electron chi connectivity index (χ2n) is 8.92. The van der Waals surface area contributed by atoms with E-state index in [9.17, 15) is 14.4 Å². The monoisotopic (exact) mass is 410 g/mol. The molecule has 0 radical (unpaired) electrons. The van der Waals surface area contributed by atoms with Crippen molar-refractivity contribution in [2.45, 2.75) is 31.0 Å². The maximum atomic E-state index is 12.7. The van der Waals surface area contributed by atoms with Gasteiger partial charge in [0.25, 0.3) is 0 Å². The molecule has 2 saturated heterocycles. The lowest BCUT2D eigenvalue weighted by atomic mass is 9.46. The van der Waals surface area contributed by atoms with Gasteiger partial charge in [-0.1, -0.05) is 0 Å². The highest BCUT2D eigenvalue weighted by Crippen LogP contribution is 2.69. The molecule has 11 nitrogen and oxygen atoms in total. The van der Waals surface area contributed by atoms with Gasteiger partial charge in [-0.2, -0.15) is 0 Å². The van der Waals surface area contributed by atoms with E-state index >= 15 is 0 Å². The van der Waals surface area contributed by atoms with Crippen LogP contribution in [0.1, 0.15) is 12.8 Å². The van der Waals surface area contributed by atoms with Gasteiger partial charge in [0.1, 0.15) is 0 Å². The summed E-state index contributed by atoms with van der Waals surface area (Å²) in [4.78, 5) is 41.3. The summed E-state index contributed by atoms with van der Waals surface area (Å²) in [6.45, 7) is 2.10. The molecule has 3 fully saturated rings. The molecular formula is C18H34N8O3. The van der Waals surface area contributed by atoms with Crippen LogP contribution in [0.4, 0.5) is 0 Å². The van der Waals surface area contributed by atoms with E-state index in [1.54, 1.807) is 9.80 Å². The predicted molar refractivity (Wildman–Crippen MR) is 107 cm³/mol. The molecule has 0 aromatic heterocycles. The lowest BCUT2D eigenvalue weighted by Crippen LogP contribution is -2.58. The molecule has 0 spiro atoms. The topological polar surface area (TPSA) is 214 Å². The van der Waals surface area contributed by atoms with Gasteiger partial charge in [0, 0.05) is 63.1 Å². The van der Waals surface area contributed by atoms with Crippen molar-refractivity contribution in [3.8, 4) is 0 Å². The minimum absolute atomic E-state index is 0.0198. The van der Waals surface area contributed by atoms with E-state index in [4.69, 9.17) is 34.4 Å². The predicted octanol–water partition coefficient (Wildman–Crippen LogP) is -4.52. The minimum atomic E-state index is -0.754. The quantitative estimate of drug-likeness (QED) is 0.227. The number of hydrogen-bond donors (Lipinski definition) is 6. The van der Waals surface area contributed by atoms with Crippen LogP contribution >= 0.6 is 0 Å². The highest BCUT2D eigenvalue weighted by Gasteiger charge is 2.74. The number of carbonyl (C=O) groups is 3. The van der Waals surface area contributed by atoms with Crippen LogP contribution in [0, 0.1) is 16.7 Å². The Balaban J connectivity index is 1.83. The van der Waals surface area contributed by atoms with Gasteiger partial charge in [-0.3, -0.25) is 14.4 Å². The number of nitrogens with two attached hydrogens (primary N) is 6. The molecular weight excluding hydrogens is 376 g/mol. The van der Waals surface area contributed by atoms with Crippen molar-refractivity contribution in [1.29, 1.82) is 0 Å². The second-order valence-corrected chi connectivity index (χ2v) is 8.92. The van der Waals surface area contributed by atoms with Crippen LogP contribution in [0.15, 0.2) is 0 Å². The zero-order valence-electron chi connectivity index (χ0n) is 16.8. The van der Waals surface area contributed by atoms with Gasteiger partial charge in [0.15, 0.2) is 5.78 Å². The highest BCUT2D eigenvalue weighted by molar-refractivity contribution is 5.86. The number of nitrogens with zero attached hydrogens (tertiary/aromatic N) is 2. The van der Waals surface area contributed by atoms with Crippen LogP contribution in [0.25, 0.3) is 0 Å². The second kappa shape index (κ2) is 7.89. The van der Waals surface area contributed by atoms with Gasteiger partial charge >= 0.3 is 0 Å². The molecule has 2 aliphatic heterocycles. The summed E-state index contributed by atoms with van der Waals surface area (Å²) in [6.07, 6.45) is 1.02. The average molecular weight is 411 g/mol. The summed E-state index contributed by atoms with van der Waals surface area (Å²) >= 11 is 0. The molecule has 29 heavy (non-hydrogen) atoms. The van der Waals surface area contributed by atoms with Crippen LogP contribution in [-0.4, -0.2) is 91.3 Å². The Morgan fingerprint density at radius 3 is 1.66 bits per heavy atom. The molecule has 4 atom stereocenters. The normalized spacial score (nSPS) is 33.5. The maximum Gasteiger partial charge on any atom is 0.240 e. The van der Waals surface area contributed by atoms with Gasteiger partial charge in [-0.05, 0) is 12.3 Å². The first-order valence-corrected chi connectivity index (χ1v) is 10.1. The SMILES string of the molecule is NCC(N)C(=O)CC1CC23CN(C(=O)C(N)CN)CC12CN(C(=O)C(N)CN)C3. The average Bonchev–Trinajstić information content (AvgIpc) is 3.09. The Hall–Kier alpha value is -1.63. The summed E-state index contributed by atoms with van der Waals surface area (Å²) in [5.41, 5.74) is 33.6. The molecule has 2 heterocycles. The van der Waals surface area contributed by atoms with Crippen molar-refractivity contribution in [1.82, 2.24) is 9.80 Å². The summed E-state index contributed by atoms with van der Waals surface area (Å²) < 4.78 is 0. The fourth-order valence-electron chi connectivity index (χ4n) is 5.61. The zero-order valence-corrected chi connectivity index (χ0v) is 16.8. The van der Waals surface area contributed by atoms with Gasteiger partial charge in [-0.15, -0.1) is 0 Å². The highest BCUT2D eigenvalue weighted by atomic mass is 16.2. The van der Waals surface area contributed by atoms with E-state index in [0.29, 0.717) is 26.2 Å². The third-order valence-corrected chi connectivity index (χ3v) is 7.29. The Kier molecular flexibility index (Phi) is 6.01.